The topological polar surface area (TPSA) is 23.5 Å². The molecule has 1 aliphatic carbocycles. The summed E-state index contributed by atoms with van der Waals surface area (Å²) in [5.41, 5.74) is -0.231. The minimum atomic E-state index is -0.231. The van der Waals surface area contributed by atoms with Crippen LogP contribution >= 0.6 is 0 Å². The SMILES string of the molecule is CC(C)N1CCC(CC2(O)CC2)CC1. The zero-order valence-electron chi connectivity index (χ0n) is 9.50. The van der Waals surface area contributed by atoms with E-state index >= 15 is 0 Å². The van der Waals surface area contributed by atoms with Crippen LogP contribution in [0.3, 0.4) is 0 Å². The molecular formula is C12H23NO. The lowest BCUT2D eigenvalue weighted by Gasteiger charge is -2.35. The fourth-order valence-electron chi connectivity index (χ4n) is 2.56. The number of aliphatic hydroxyl groups is 1. The van der Waals surface area contributed by atoms with Gasteiger partial charge in [-0.2, -0.15) is 0 Å². The van der Waals surface area contributed by atoms with Crippen LogP contribution in [-0.2, 0) is 0 Å². The summed E-state index contributed by atoms with van der Waals surface area (Å²) in [7, 11) is 0. The number of rotatable bonds is 3. The summed E-state index contributed by atoms with van der Waals surface area (Å²) in [6.45, 7) is 7.01. The van der Waals surface area contributed by atoms with Crippen molar-refractivity contribution in [2.45, 2.75) is 57.6 Å². The Hall–Kier alpha value is -0.0800. The molecule has 0 aromatic heterocycles. The van der Waals surface area contributed by atoms with Gasteiger partial charge in [0.15, 0.2) is 0 Å². The van der Waals surface area contributed by atoms with E-state index in [4.69, 9.17) is 0 Å². The Labute approximate surface area is 87.3 Å². The molecule has 0 radical (unpaired) electrons. The fraction of sp³-hybridized carbons (Fsp3) is 1.00. The minimum absolute atomic E-state index is 0.231. The molecule has 0 aromatic rings. The highest BCUT2D eigenvalue weighted by molar-refractivity contribution is 4.95. The van der Waals surface area contributed by atoms with Crippen molar-refractivity contribution in [3.05, 3.63) is 0 Å². The van der Waals surface area contributed by atoms with Gasteiger partial charge in [-0.3, -0.25) is 0 Å². The predicted molar refractivity (Wildman–Crippen MR) is 58.2 cm³/mol. The summed E-state index contributed by atoms with van der Waals surface area (Å²) in [4.78, 5) is 2.55. The predicted octanol–water partition coefficient (Wildman–Crippen LogP) is 2.02. The molecular weight excluding hydrogens is 174 g/mol. The van der Waals surface area contributed by atoms with E-state index in [1.54, 1.807) is 0 Å². The molecule has 0 unspecified atom stereocenters. The van der Waals surface area contributed by atoms with Gasteiger partial charge in [-0.15, -0.1) is 0 Å². The van der Waals surface area contributed by atoms with Crippen LogP contribution in [0, 0.1) is 5.92 Å². The lowest BCUT2D eigenvalue weighted by atomic mass is 9.90. The van der Waals surface area contributed by atoms with Crippen LogP contribution in [0.1, 0.15) is 46.0 Å². The second-order valence-electron chi connectivity index (χ2n) is 5.50. The molecule has 0 aromatic carbocycles. The van der Waals surface area contributed by atoms with Gasteiger partial charge in [0, 0.05) is 6.04 Å². The molecule has 0 bridgehead atoms. The molecule has 1 N–H and O–H groups in total. The normalized spacial score (nSPS) is 28.3. The highest BCUT2D eigenvalue weighted by atomic mass is 16.3. The summed E-state index contributed by atoms with van der Waals surface area (Å²) in [6.07, 6.45) is 5.76. The highest BCUT2D eigenvalue weighted by Crippen LogP contribution is 2.42. The third-order valence-electron chi connectivity index (χ3n) is 3.88. The fourth-order valence-corrected chi connectivity index (χ4v) is 2.56. The van der Waals surface area contributed by atoms with Gasteiger partial charge in [-0.05, 0) is 65.0 Å². The van der Waals surface area contributed by atoms with E-state index in [-0.39, 0.29) is 5.60 Å². The van der Waals surface area contributed by atoms with Crippen molar-refractivity contribution in [1.82, 2.24) is 4.90 Å². The summed E-state index contributed by atoms with van der Waals surface area (Å²) in [6, 6.07) is 0.694. The Morgan fingerprint density at radius 3 is 2.29 bits per heavy atom. The summed E-state index contributed by atoms with van der Waals surface area (Å²) in [5.74, 6) is 0.789. The Morgan fingerprint density at radius 2 is 1.86 bits per heavy atom. The molecule has 82 valence electrons. The van der Waals surface area contributed by atoms with Crippen molar-refractivity contribution in [1.29, 1.82) is 0 Å². The van der Waals surface area contributed by atoms with Gasteiger partial charge in [0.25, 0.3) is 0 Å². The van der Waals surface area contributed by atoms with Crippen molar-refractivity contribution in [2.75, 3.05) is 13.1 Å². The van der Waals surface area contributed by atoms with Gasteiger partial charge < -0.3 is 10.0 Å². The molecule has 0 spiro atoms. The van der Waals surface area contributed by atoms with Gasteiger partial charge >= 0.3 is 0 Å². The van der Waals surface area contributed by atoms with Crippen LogP contribution in [-0.4, -0.2) is 34.7 Å². The molecule has 2 nitrogen and oxygen atoms in total. The van der Waals surface area contributed by atoms with Gasteiger partial charge in [-0.25, -0.2) is 0 Å². The van der Waals surface area contributed by atoms with Crippen LogP contribution in [0.2, 0.25) is 0 Å². The second kappa shape index (κ2) is 3.82. The maximum atomic E-state index is 9.84. The zero-order valence-corrected chi connectivity index (χ0v) is 9.50. The highest BCUT2D eigenvalue weighted by Gasteiger charge is 2.42. The third-order valence-corrected chi connectivity index (χ3v) is 3.88. The number of piperidine rings is 1. The maximum Gasteiger partial charge on any atom is 0.0652 e. The average Bonchev–Trinajstić information content (AvgIpc) is 2.84. The molecule has 1 aliphatic heterocycles. The van der Waals surface area contributed by atoms with Crippen molar-refractivity contribution < 1.29 is 5.11 Å². The molecule has 1 saturated heterocycles. The third kappa shape index (κ3) is 2.48. The Balaban J connectivity index is 1.73. The van der Waals surface area contributed by atoms with E-state index in [0.717, 1.165) is 25.2 Å². The van der Waals surface area contributed by atoms with Crippen molar-refractivity contribution in [3.63, 3.8) is 0 Å². The van der Waals surface area contributed by atoms with Gasteiger partial charge in [0.05, 0.1) is 5.60 Å². The van der Waals surface area contributed by atoms with E-state index in [0.29, 0.717) is 6.04 Å². The van der Waals surface area contributed by atoms with Crippen molar-refractivity contribution in [3.8, 4) is 0 Å². The first-order valence-electron chi connectivity index (χ1n) is 6.05. The molecule has 1 saturated carbocycles. The first-order valence-corrected chi connectivity index (χ1v) is 6.05. The molecule has 2 heteroatoms. The molecule has 2 fully saturated rings. The average molecular weight is 197 g/mol. The van der Waals surface area contributed by atoms with Crippen LogP contribution < -0.4 is 0 Å². The van der Waals surface area contributed by atoms with E-state index in [2.05, 4.69) is 18.7 Å². The quantitative estimate of drug-likeness (QED) is 0.748. The molecule has 14 heavy (non-hydrogen) atoms. The van der Waals surface area contributed by atoms with Crippen molar-refractivity contribution >= 4 is 0 Å². The Bertz CT molecular complexity index is 190. The summed E-state index contributed by atoms with van der Waals surface area (Å²) in [5, 5.41) is 9.84. The summed E-state index contributed by atoms with van der Waals surface area (Å²) >= 11 is 0. The lowest BCUT2D eigenvalue weighted by molar-refractivity contribution is 0.0819. The van der Waals surface area contributed by atoms with E-state index < -0.39 is 0 Å². The largest absolute Gasteiger partial charge is 0.390 e. The van der Waals surface area contributed by atoms with E-state index in [1.807, 2.05) is 0 Å². The van der Waals surface area contributed by atoms with Crippen LogP contribution in [0.15, 0.2) is 0 Å². The van der Waals surface area contributed by atoms with Gasteiger partial charge in [-0.1, -0.05) is 0 Å². The number of nitrogens with zero attached hydrogens (tertiary/aromatic N) is 1. The van der Waals surface area contributed by atoms with Gasteiger partial charge in [0.2, 0.25) is 0 Å². The van der Waals surface area contributed by atoms with Crippen LogP contribution in [0.5, 0.6) is 0 Å². The number of likely N-dealkylation sites (tertiary alicyclic amines) is 1. The Morgan fingerprint density at radius 1 is 1.29 bits per heavy atom. The molecule has 2 aliphatic rings. The molecule has 0 amide bonds. The Kier molecular flexibility index (Phi) is 2.85. The zero-order chi connectivity index (χ0) is 10.2. The van der Waals surface area contributed by atoms with Crippen LogP contribution in [0.25, 0.3) is 0 Å². The molecule has 1 heterocycles. The first-order chi connectivity index (χ1) is 6.59. The van der Waals surface area contributed by atoms with E-state index in [9.17, 15) is 5.11 Å². The first kappa shape index (κ1) is 10.4. The lowest BCUT2D eigenvalue weighted by Crippen LogP contribution is -2.39. The maximum absolute atomic E-state index is 9.84. The number of hydrogen-bond donors (Lipinski definition) is 1. The van der Waals surface area contributed by atoms with Crippen molar-refractivity contribution in [2.24, 2.45) is 5.92 Å². The minimum Gasteiger partial charge on any atom is -0.390 e. The summed E-state index contributed by atoms with van der Waals surface area (Å²) < 4.78 is 0. The molecule has 0 atom stereocenters. The standard InChI is InChI=1S/C12H23NO/c1-10(2)13-7-3-11(4-8-13)9-12(14)5-6-12/h10-11,14H,3-9H2,1-2H3. The van der Waals surface area contributed by atoms with E-state index in [1.165, 1.54) is 25.9 Å². The van der Waals surface area contributed by atoms with Gasteiger partial charge in [0.1, 0.15) is 0 Å². The molecule has 2 rings (SSSR count). The van der Waals surface area contributed by atoms with Crippen LogP contribution in [0.4, 0.5) is 0 Å². The second-order valence-corrected chi connectivity index (χ2v) is 5.50. The smallest absolute Gasteiger partial charge is 0.0652 e. The monoisotopic (exact) mass is 197 g/mol. The number of hydrogen-bond acceptors (Lipinski definition) is 2.